The van der Waals surface area contributed by atoms with E-state index in [9.17, 15) is 0 Å². The second-order valence-corrected chi connectivity index (χ2v) is 82.9. The average Bonchev–Trinajstić information content (AvgIpc) is 3.08. The van der Waals surface area contributed by atoms with Crippen molar-refractivity contribution in [3.8, 4) is 0 Å². The Kier molecular flexibility index (Phi) is 19.1. The van der Waals surface area contributed by atoms with Gasteiger partial charge in [0.05, 0.1) is 0 Å². The molecule has 0 N–H and O–H groups in total. The van der Waals surface area contributed by atoms with Crippen molar-refractivity contribution in [3.63, 3.8) is 0 Å². The highest BCUT2D eigenvalue weighted by molar-refractivity contribution is 7.41. The molecule has 6 aliphatic rings. The maximum absolute atomic E-state index is 7.22. The van der Waals surface area contributed by atoms with Gasteiger partial charge in [-0.3, -0.25) is 0 Å². The molecule has 4 atom stereocenters. The summed E-state index contributed by atoms with van der Waals surface area (Å²) in [7, 11) is -42.1. The van der Waals surface area contributed by atoms with Gasteiger partial charge >= 0.3 is 128 Å². The Morgan fingerprint density at radius 1 is 0.277 bits per heavy atom. The fraction of sp³-hybridized carbons (Fsp3) is 1.00. The third-order valence-electron chi connectivity index (χ3n) is 10.5. The van der Waals surface area contributed by atoms with E-state index in [1.165, 1.54) is 7.11 Å². The van der Waals surface area contributed by atoms with E-state index in [0.717, 1.165) is 0 Å². The quantitative estimate of drug-likeness (QED) is 0.176. The predicted molar refractivity (Wildman–Crippen MR) is 279 cm³/mol. The van der Waals surface area contributed by atoms with E-state index >= 15 is 0 Å². The molecule has 21 nitrogen and oxygen atoms in total. The van der Waals surface area contributed by atoms with Crippen molar-refractivity contribution in [2.75, 3.05) is 35.5 Å². The third kappa shape index (κ3) is 16.1. The van der Waals surface area contributed by atoms with Crippen molar-refractivity contribution in [1.82, 2.24) is 0 Å². The van der Waals surface area contributed by atoms with Gasteiger partial charge in [0.25, 0.3) is 0 Å². The summed E-state index contributed by atoms with van der Waals surface area (Å²) >= 11 is 0. The normalized spacial score (nSPS) is 41.4. The van der Waals surface area contributed by atoms with Crippen molar-refractivity contribution in [2.24, 2.45) is 0 Å². The molecule has 8 bridgehead atoms. The van der Waals surface area contributed by atoms with E-state index in [1.54, 1.807) is 41.5 Å². The molecule has 6 saturated heterocycles. The molecule has 386 valence electrons. The van der Waals surface area contributed by atoms with Gasteiger partial charge in [0.2, 0.25) is 0 Å². The van der Waals surface area contributed by atoms with Crippen LogP contribution in [0, 0.1) is 0 Å². The third-order valence-corrected chi connectivity index (χ3v) is 87.4. The Bertz CT molecular complexity index is 1550. The lowest BCUT2D eigenvalue weighted by atomic mass is 11.8. The summed E-state index contributed by atoms with van der Waals surface area (Å²) in [5.41, 5.74) is 0. The van der Waals surface area contributed by atoms with E-state index in [0.29, 0.717) is 0 Å². The summed E-state index contributed by atoms with van der Waals surface area (Å²) in [5, 5.41) is 0. The van der Waals surface area contributed by atoms with Crippen LogP contribution >= 0.6 is 0 Å². The highest BCUT2D eigenvalue weighted by atomic mass is 29.3. The summed E-state index contributed by atoms with van der Waals surface area (Å²) in [6.45, 7) is 44.8. The molecular formula is C28H84O21Si16. The Balaban J connectivity index is 0.000000558. The van der Waals surface area contributed by atoms with E-state index in [-0.39, 0.29) is 0 Å². The van der Waals surface area contributed by atoms with Crippen LogP contribution in [0.2, 0.25) is 151 Å². The first-order valence-corrected chi connectivity index (χ1v) is 63.7. The molecule has 65 heavy (non-hydrogen) atoms. The second-order valence-electron chi connectivity index (χ2n) is 20.7. The van der Waals surface area contributed by atoms with Gasteiger partial charge in [-0.25, -0.2) is 0 Å². The van der Waals surface area contributed by atoms with Crippen LogP contribution in [-0.2, 0) is 88.0 Å². The lowest BCUT2D eigenvalue weighted by Crippen LogP contribution is -2.87. The van der Waals surface area contributed by atoms with Crippen molar-refractivity contribution in [1.29, 1.82) is 0 Å². The molecule has 0 amide bonds. The van der Waals surface area contributed by atoms with Crippen LogP contribution in [0.15, 0.2) is 0 Å². The topological polar surface area (TPSA) is 194 Å². The number of fused-ring (bicyclic) bond motifs is 4. The number of hydrogen-bond donors (Lipinski definition) is 0. The van der Waals surface area contributed by atoms with Gasteiger partial charge in [-0.2, -0.15) is 0 Å². The minimum absolute atomic E-state index is 1.13. The molecule has 0 aromatic heterocycles. The van der Waals surface area contributed by atoms with Gasteiger partial charge in [0.15, 0.2) is 8.32 Å². The number of hydrogen-bond acceptors (Lipinski definition) is 21. The molecule has 6 heterocycles. The zero-order valence-electron chi connectivity index (χ0n) is 44.6. The van der Waals surface area contributed by atoms with Gasteiger partial charge in [-0.1, -0.05) is 0 Å². The van der Waals surface area contributed by atoms with E-state index in [4.69, 9.17) is 88.0 Å². The van der Waals surface area contributed by atoms with Crippen LogP contribution < -0.4 is 0 Å². The first kappa shape index (κ1) is 61.9. The molecule has 0 saturated carbocycles. The second kappa shape index (κ2) is 20.1. The van der Waals surface area contributed by atoms with E-state index < -0.39 is 136 Å². The van der Waals surface area contributed by atoms with Crippen LogP contribution in [0.1, 0.15) is 0 Å². The Morgan fingerprint density at radius 2 is 0.492 bits per heavy atom. The molecule has 6 aliphatic heterocycles. The van der Waals surface area contributed by atoms with Crippen LogP contribution in [0.3, 0.4) is 0 Å². The summed E-state index contributed by atoms with van der Waals surface area (Å²) in [4.78, 5) is 0. The highest BCUT2D eigenvalue weighted by Gasteiger charge is 2.84. The first-order chi connectivity index (χ1) is 28.6. The predicted octanol–water partition coefficient (Wildman–Crippen LogP) is 6.73. The molecule has 0 aromatic rings. The highest BCUT2D eigenvalue weighted by Crippen LogP contribution is 2.51. The van der Waals surface area contributed by atoms with Crippen molar-refractivity contribution in [2.45, 2.75) is 151 Å². The van der Waals surface area contributed by atoms with Gasteiger partial charge in [-0.05, 0) is 111 Å². The van der Waals surface area contributed by atoms with Crippen molar-refractivity contribution < 1.29 is 88.0 Å². The molecule has 0 aliphatic carbocycles. The van der Waals surface area contributed by atoms with Crippen LogP contribution in [0.5, 0.6) is 0 Å². The summed E-state index contributed by atoms with van der Waals surface area (Å²) in [6.07, 6.45) is 0. The lowest BCUT2D eigenvalue weighted by Gasteiger charge is -2.58. The average molecular weight is 1210 g/mol. The monoisotopic (exact) mass is 1200 g/mol. The molecule has 6 fully saturated rings. The van der Waals surface area contributed by atoms with Gasteiger partial charge in [0.1, 0.15) is 0 Å². The van der Waals surface area contributed by atoms with E-state index in [2.05, 4.69) is 19.6 Å². The van der Waals surface area contributed by atoms with Gasteiger partial charge in [0, 0.05) is 74.8 Å². The molecule has 0 radical (unpaired) electrons. The molecule has 0 aromatic carbocycles. The standard InChI is InChI=1S/C18H54O17Si13.C6H18O3Si2.C4H12OSi/c1-19-36(3,4)21-37(5,6)22-38(7,8)23-40(10)26-43(13)32-45(15)28-41(11)24-39(9,20-2)25-42(12)30-47(45,17)34-44(14,27-40)35-48(18,31-42)46(16,29-41)33-43;1-7-10(3,4)9-11(5,6)8-2;1-5-6(2,3)4/h1-18H3;1-6H3;1-4H3. The van der Waals surface area contributed by atoms with Crippen LogP contribution in [0.25, 0.3) is 0 Å². The Morgan fingerprint density at radius 3 is 0.708 bits per heavy atom. The van der Waals surface area contributed by atoms with Crippen LogP contribution in [-0.4, -0.2) is 172 Å². The fourth-order valence-electron chi connectivity index (χ4n) is 7.81. The maximum Gasteiger partial charge on any atom is 0.482 e. The zero-order chi connectivity index (χ0) is 50.8. The Labute approximate surface area is 407 Å². The summed E-state index contributed by atoms with van der Waals surface area (Å²) in [6, 6.07) is 0. The van der Waals surface area contributed by atoms with Crippen LogP contribution in [0.4, 0.5) is 0 Å². The summed E-state index contributed by atoms with van der Waals surface area (Å²) < 4.78 is 138. The van der Waals surface area contributed by atoms with Gasteiger partial charge < -0.3 is 88.0 Å². The van der Waals surface area contributed by atoms with E-state index in [1.807, 2.05) is 118 Å². The smallest absolute Gasteiger partial charge is 0.421 e. The number of rotatable bonds is 13. The minimum atomic E-state index is -3.85. The van der Waals surface area contributed by atoms with Gasteiger partial charge in [-0.15, -0.1) is 0 Å². The molecule has 0 spiro atoms. The molecular weight excluding hydrogens is 1120 g/mol. The fourth-order valence-corrected chi connectivity index (χ4v) is 105. The molecule has 4 unspecified atom stereocenters. The Hall–Kier alpha value is 2.63. The SMILES string of the molecule is CO[Si](C)(C)C.CO[Si](C)(C)O[Si](C)(C)OC.CO[Si](C)(C)O[Si](C)(C)O[Si](C)(C)O[Si]1(C)O[Si]2(C)O[Si]3(C)O[Si]4(C)O[Si](C)(OC)O[Si]5(C)O[Si]3(C)O[Si](C)(O1)O[Si](C)(O5)[Si](C)(O4)O2. The molecule has 37 heteroatoms. The lowest BCUT2D eigenvalue weighted by molar-refractivity contribution is 0.109. The van der Waals surface area contributed by atoms with Crippen molar-refractivity contribution in [3.05, 3.63) is 0 Å². The molecule has 6 rings (SSSR count). The van der Waals surface area contributed by atoms with Crippen molar-refractivity contribution >= 4 is 136 Å². The maximum atomic E-state index is 7.22. The largest absolute Gasteiger partial charge is 0.482 e. The minimum Gasteiger partial charge on any atom is -0.421 e. The first-order valence-electron chi connectivity index (χ1n) is 21.6. The summed E-state index contributed by atoms with van der Waals surface area (Å²) in [5.74, 6) is 0. The zero-order valence-corrected chi connectivity index (χ0v) is 60.6.